The van der Waals surface area contributed by atoms with Crippen molar-refractivity contribution < 1.29 is 4.79 Å². The fourth-order valence-electron chi connectivity index (χ4n) is 1.22. The highest BCUT2D eigenvalue weighted by Gasteiger charge is 2.31. The highest BCUT2D eigenvalue weighted by atomic mass is 16.1. The summed E-state index contributed by atoms with van der Waals surface area (Å²) in [6.45, 7) is 3.83. The molecule has 0 fully saturated rings. The predicted molar refractivity (Wildman–Crippen MR) is 52.8 cm³/mol. The summed E-state index contributed by atoms with van der Waals surface area (Å²) in [6.07, 6.45) is 1.92. The van der Waals surface area contributed by atoms with Gasteiger partial charge in [0.05, 0.1) is 0 Å². The summed E-state index contributed by atoms with van der Waals surface area (Å²) in [6, 6.07) is 9.35. The Morgan fingerprint density at radius 3 is 2.23 bits per heavy atom. The minimum Gasteiger partial charge on any atom is -0.315 e. The highest BCUT2D eigenvalue weighted by Crippen LogP contribution is 2.23. The van der Waals surface area contributed by atoms with Crippen LogP contribution in [0.1, 0.15) is 19.4 Å². The van der Waals surface area contributed by atoms with E-state index in [9.17, 15) is 4.79 Å². The Hall–Kier alpha value is -1.15. The van der Waals surface area contributed by atoms with Gasteiger partial charge >= 0.3 is 0 Å². The van der Waals surface area contributed by atoms with E-state index < -0.39 is 5.54 Å². The van der Waals surface area contributed by atoms with Gasteiger partial charge in [-0.05, 0) is 11.5 Å². The van der Waals surface area contributed by atoms with Gasteiger partial charge in [-0.1, -0.05) is 44.2 Å². The Morgan fingerprint density at radius 1 is 1.31 bits per heavy atom. The maximum absolute atomic E-state index is 10.8. The number of hydrogen-bond donors (Lipinski definition) is 1. The van der Waals surface area contributed by atoms with E-state index in [0.717, 1.165) is 5.56 Å². The van der Waals surface area contributed by atoms with Crippen LogP contribution in [0.4, 0.5) is 0 Å². The molecule has 69 valence electrons. The molecule has 0 spiro atoms. The molecule has 2 nitrogen and oxygen atoms in total. The molecule has 1 radical (unpaired) electrons. The van der Waals surface area contributed by atoms with Gasteiger partial charge in [-0.3, -0.25) is 4.79 Å². The average molecular weight is 176 g/mol. The fourth-order valence-corrected chi connectivity index (χ4v) is 1.22. The number of benzene rings is 1. The van der Waals surface area contributed by atoms with E-state index in [-0.39, 0.29) is 5.92 Å². The van der Waals surface area contributed by atoms with Gasteiger partial charge in [-0.15, -0.1) is 0 Å². The van der Waals surface area contributed by atoms with E-state index in [1.807, 2.05) is 50.5 Å². The molecule has 0 heterocycles. The van der Waals surface area contributed by atoms with Crippen LogP contribution >= 0.6 is 0 Å². The van der Waals surface area contributed by atoms with Gasteiger partial charge in [0, 0.05) is 0 Å². The van der Waals surface area contributed by atoms with Crippen molar-refractivity contribution >= 4 is 6.29 Å². The van der Waals surface area contributed by atoms with Crippen LogP contribution in [0.25, 0.3) is 0 Å². The largest absolute Gasteiger partial charge is 0.315 e. The third-order valence-electron chi connectivity index (χ3n) is 2.33. The summed E-state index contributed by atoms with van der Waals surface area (Å²) in [4.78, 5) is 10.8. The van der Waals surface area contributed by atoms with Crippen LogP contribution in [-0.2, 0) is 10.3 Å². The molecule has 1 atom stereocenters. The second-order valence-corrected chi connectivity index (χ2v) is 3.49. The molecule has 1 unspecified atom stereocenters. The Morgan fingerprint density at radius 2 is 1.85 bits per heavy atom. The molecule has 1 rings (SSSR count). The van der Waals surface area contributed by atoms with Crippen molar-refractivity contribution in [1.82, 2.24) is 0 Å². The Balaban J connectivity index is 3.10. The van der Waals surface area contributed by atoms with E-state index in [2.05, 4.69) is 0 Å². The Bertz CT molecular complexity index is 281. The first kappa shape index (κ1) is 9.93. The van der Waals surface area contributed by atoms with Crippen molar-refractivity contribution in [2.45, 2.75) is 19.4 Å². The third-order valence-corrected chi connectivity index (χ3v) is 2.33. The van der Waals surface area contributed by atoms with E-state index in [1.165, 1.54) is 0 Å². The molecule has 2 N–H and O–H groups in total. The molecule has 0 amide bonds. The molecule has 13 heavy (non-hydrogen) atoms. The molecule has 0 bridgehead atoms. The van der Waals surface area contributed by atoms with Gasteiger partial charge in [0.15, 0.2) is 0 Å². The van der Waals surface area contributed by atoms with Gasteiger partial charge in [0.25, 0.3) is 0 Å². The van der Waals surface area contributed by atoms with Crippen molar-refractivity contribution in [2.75, 3.05) is 0 Å². The van der Waals surface area contributed by atoms with Crippen molar-refractivity contribution in [1.29, 1.82) is 0 Å². The van der Waals surface area contributed by atoms with Gasteiger partial charge in [-0.2, -0.15) is 0 Å². The predicted octanol–water partition coefficient (Wildman–Crippen LogP) is 1.61. The first-order valence-electron chi connectivity index (χ1n) is 4.35. The minimum atomic E-state index is -0.971. The molecule has 0 aliphatic carbocycles. The monoisotopic (exact) mass is 176 g/mol. The van der Waals surface area contributed by atoms with Crippen LogP contribution in [0.5, 0.6) is 0 Å². The van der Waals surface area contributed by atoms with Crippen LogP contribution in [0.3, 0.4) is 0 Å². The molecular formula is C11H14NO. The quantitative estimate of drug-likeness (QED) is 0.760. The van der Waals surface area contributed by atoms with Gasteiger partial charge in [-0.25, -0.2) is 0 Å². The minimum absolute atomic E-state index is 0.0485. The molecule has 2 heteroatoms. The maximum Gasteiger partial charge on any atom is 0.225 e. The van der Waals surface area contributed by atoms with Gasteiger partial charge < -0.3 is 5.73 Å². The Labute approximate surface area is 78.8 Å². The topological polar surface area (TPSA) is 43.1 Å². The Kier molecular flexibility index (Phi) is 2.83. The van der Waals surface area contributed by atoms with Crippen LogP contribution in [0.15, 0.2) is 30.3 Å². The zero-order valence-corrected chi connectivity index (χ0v) is 7.95. The normalized spacial score (nSPS) is 15.4. The zero-order chi connectivity index (χ0) is 9.90. The lowest BCUT2D eigenvalue weighted by atomic mass is 9.82. The molecule has 1 aromatic carbocycles. The molecule has 0 aromatic heterocycles. The summed E-state index contributed by atoms with van der Waals surface area (Å²) in [5, 5.41) is 0. The number of carbonyl (C=O) groups excluding carboxylic acids is 1. The lowest BCUT2D eigenvalue weighted by Gasteiger charge is -2.26. The van der Waals surface area contributed by atoms with Gasteiger partial charge in [0.1, 0.15) is 5.54 Å². The van der Waals surface area contributed by atoms with Crippen LogP contribution < -0.4 is 5.73 Å². The SMILES string of the molecule is CC(C)C(N)([C]=O)c1ccccc1. The van der Waals surface area contributed by atoms with Crippen molar-refractivity contribution in [3.63, 3.8) is 0 Å². The van der Waals surface area contributed by atoms with Crippen LogP contribution in [0, 0.1) is 5.92 Å². The van der Waals surface area contributed by atoms with Crippen molar-refractivity contribution in [3.05, 3.63) is 35.9 Å². The fraction of sp³-hybridized carbons (Fsp3) is 0.364. The summed E-state index contributed by atoms with van der Waals surface area (Å²) >= 11 is 0. The third kappa shape index (κ3) is 1.78. The lowest BCUT2D eigenvalue weighted by Crippen LogP contribution is -2.43. The standard InChI is InChI=1S/C11H14NO/c1-9(2)11(12,8-13)10-6-4-3-5-7-10/h3-7,9H,12H2,1-2H3. The maximum atomic E-state index is 10.8. The first-order chi connectivity index (χ1) is 6.11. The highest BCUT2D eigenvalue weighted by molar-refractivity contribution is 5.68. The summed E-state index contributed by atoms with van der Waals surface area (Å²) in [5.74, 6) is 0.0485. The first-order valence-corrected chi connectivity index (χ1v) is 4.35. The molecule has 0 saturated heterocycles. The smallest absolute Gasteiger partial charge is 0.225 e. The van der Waals surface area contributed by atoms with Crippen LogP contribution in [0.2, 0.25) is 0 Å². The number of hydrogen-bond acceptors (Lipinski definition) is 2. The molecule has 0 saturated carbocycles. The van der Waals surface area contributed by atoms with E-state index in [0.29, 0.717) is 0 Å². The lowest BCUT2D eigenvalue weighted by molar-refractivity contribution is 0.396. The summed E-state index contributed by atoms with van der Waals surface area (Å²) in [5.41, 5.74) is 5.79. The van der Waals surface area contributed by atoms with E-state index in [1.54, 1.807) is 0 Å². The molecule has 0 aliphatic rings. The van der Waals surface area contributed by atoms with Crippen LogP contribution in [-0.4, -0.2) is 6.29 Å². The number of nitrogens with two attached hydrogens (primary N) is 1. The average Bonchev–Trinajstić information content (AvgIpc) is 2.17. The summed E-state index contributed by atoms with van der Waals surface area (Å²) in [7, 11) is 0. The van der Waals surface area contributed by atoms with Gasteiger partial charge in [0.2, 0.25) is 6.29 Å². The van der Waals surface area contributed by atoms with E-state index in [4.69, 9.17) is 5.73 Å². The van der Waals surface area contributed by atoms with E-state index >= 15 is 0 Å². The van der Waals surface area contributed by atoms with Crippen molar-refractivity contribution in [2.24, 2.45) is 11.7 Å². The second kappa shape index (κ2) is 3.71. The number of rotatable bonds is 3. The van der Waals surface area contributed by atoms with Crippen molar-refractivity contribution in [3.8, 4) is 0 Å². The molecular weight excluding hydrogens is 162 g/mol. The zero-order valence-electron chi connectivity index (χ0n) is 7.95. The second-order valence-electron chi connectivity index (χ2n) is 3.49. The summed E-state index contributed by atoms with van der Waals surface area (Å²) < 4.78 is 0. The molecule has 0 aliphatic heterocycles. The molecule has 1 aromatic rings.